The first-order valence-corrected chi connectivity index (χ1v) is 9.83. The molecule has 2 amide bonds. The van der Waals surface area contributed by atoms with Gasteiger partial charge in [-0.3, -0.25) is 14.9 Å². The van der Waals surface area contributed by atoms with Crippen molar-refractivity contribution in [3.8, 4) is 0 Å². The van der Waals surface area contributed by atoms with E-state index in [-0.39, 0.29) is 17.6 Å². The first kappa shape index (κ1) is 16.9. The minimum atomic E-state index is -0.322. The van der Waals surface area contributed by atoms with Crippen molar-refractivity contribution >= 4 is 68.0 Å². The maximum Gasteiger partial charge on any atom is 0.271 e. The first-order valence-electron chi connectivity index (χ1n) is 6.38. The van der Waals surface area contributed by atoms with Crippen molar-refractivity contribution in [3.05, 3.63) is 22.1 Å². The number of thiazole rings is 1. The third-order valence-electron chi connectivity index (χ3n) is 2.49. The Morgan fingerprint density at radius 2 is 2.08 bits per heavy atom. The number of aromatic nitrogens is 5. The highest BCUT2D eigenvalue weighted by atomic mass is 32.2. The van der Waals surface area contributed by atoms with E-state index in [2.05, 4.69) is 35.4 Å². The van der Waals surface area contributed by atoms with Crippen LogP contribution in [0.3, 0.4) is 0 Å². The van der Waals surface area contributed by atoms with Gasteiger partial charge < -0.3 is 5.32 Å². The van der Waals surface area contributed by atoms with Gasteiger partial charge in [0.2, 0.25) is 11.0 Å². The Kier molecular flexibility index (Phi) is 5.44. The van der Waals surface area contributed by atoms with E-state index in [1.807, 2.05) is 0 Å². The second-order valence-corrected chi connectivity index (χ2v) is 8.04. The molecule has 0 radical (unpaired) electrons. The largest absolute Gasteiger partial charge is 0.301 e. The molecule has 3 aromatic heterocycles. The second-order valence-electron chi connectivity index (χ2n) is 4.19. The number of carbonyl (C=O) groups excluding carboxylic acids is 2. The average molecular weight is 400 g/mol. The summed E-state index contributed by atoms with van der Waals surface area (Å²) in [6, 6.07) is 0. The second kappa shape index (κ2) is 7.74. The fourth-order valence-electron chi connectivity index (χ4n) is 1.48. The van der Waals surface area contributed by atoms with E-state index in [0.717, 1.165) is 11.5 Å². The molecule has 0 aliphatic rings. The van der Waals surface area contributed by atoms with Crippen LogP contribution in [0.5, 0.6) is 0 Å². The Labute approximate surface area is 152 Å². The zero-order chi connectivity index (χ0) is 16.9. The van der Waals surface area contributed by atoms with E-state index < -0.39 is 0 Å². The molecule has 2 N–H and O–H groups in total. The van der Waals surface area contributed by atoms with E-state index >= 15 is 0 Å². The molecule has 0 unspecified atom stereocenters. The van der Waals surface area contributed by atoms with Gasteiger partial charge in [0, 0.05) is 11.6 Å². The van der Waals surface area contributed by atoms with Crippen molar-refractivity contribution in [1.29, 1.82) is 0 Å². The summed E-state index contributed by atoms with van der Waals surface area (Å²) in [4.78, 5) is 28.2. The molecule has 0 bridgehead atoms. The fourth-order valence-corrected chi connectivity index (χ4v) is 4.12. The normalized spacial score (nSPS) is 10.5. The Morgan fingerprint density at radius 3 is 2.79 bits per heavy atom. The number of hydrogen-bond acceptors (Lipinski definition) is 11. The van der Waals surface area contributed by atoms with E-state index in [0.29, 0.717) is 25.2 Å². The zero-order valence-electron chi connectivity index (χ0n) is 12.0. The van der Waals surface area contributed by atoms with Crippen molar-refractivity contribution < 1.29 is 9.59 Å². The number of nitrogens with zero attached hydrogens (tertiary/aromatic N) is 5. The number of anilines is 2. The van der Waals surface area contributed by atoms with Crippen molar-refractivity contribution in [2.45, 2.75) is 11.3 Å². The zero-order valence-corrected chi connectivity index (χ0v) is 15.3. The van der Waals surface area contributed by atoms with E-state index in [4.69, 9.17) is 0 Å². The van der Waals surface area contributed by atoms with Gasteiger partial charge in [-0.2, -0.15) is 0 Å². The highest BCUT2D eigenvalue weighted by molar-refractivity contribution is 8.01. The van der Waals surface area contributed by atoms with Crippen molar-refractivity contribution in [3.63, 3.8) is 0 Å². The molecule has 3 rings (SSSR count). The summed E-state index contributed by atoms with van der Waals surface area (Å²) in [5, 5.41) is 19.6. The van der Waals surface area contributed by atoms with Crippen LogP contribution in [0.15, 0.2) is 15.9 Å². The number of carbonyl (C=O) groups is 2. The molecule has 3 aromatic rings. The van der Waals surface area contributed by atoms with Crippen LogP contribution in [-0.2, 0) is 4.79 Å². The van der Waals surface area contributed by atoms with Crippen LogP contribution < -0.4 is 10.6 Å². The monoisotopic (exact) mass is 399 g/mol. The summed E-state index contributed by atoms with van der Waals surface area (Å²) in [7, 11) is 0. The first-order chi connectivity index (χ1) is 11.6. The van der Waals surface area contributed by atoms with Crippen LogP contribution in [0, 0.1) is 6.92 Å². The van der Waals surface area contributed by atoms with Crippen LogP contribution in [0.2, 0.25) is 0 Å². The van der Waals surface area contributed by atoms with E-state index in [1.54, 1.807) is 18.5 Å². The van der Waals surface area contributed by atoms with Crippen LogP contribution in [0.4, 0.5) is 10.3 Å². The summed E-state index contributed by atoms with van der Waals surface area (Å²) in [6.45, 7) is 1.71. The number of rotatable bonds is 6. The van der Waals surface area contributed by atoms with Gasteiger partial charge in [0.1, 0.15) is 4.88 Å². The van der Waals surface area contributed by atoms with Gasteiger partial charge in [-0.15, -0.1) is 26.6 Å². The molecule has 0 saturated heterocycles. The Bertz CT molecular complexity index is 844. The van der Waals surface area contributed by atoms with Crippen molar-refractivity contribution in [2.75, 3.05) is 16.4 Å². The van der Waals surface area contributed by atoms with E-state index in [9.17, 15) is 9.59 Å². The lowest BCUT2D eigenvalue weighted by Crippen LogP contribution is -2.13. The van der Waals surface area contributed by atoms with Gasteiger partial charge in [-0.05, 0) is 18.5 Å². The molecule has 124 valence electrons. The number of aryl methyl sites for hydroxylation is 1. The molecule has 0 saturated carbocycles. The maximum absolute atomic E-state index is 12.0. The minimum Gasteiger partial charge on any atom is -0.301 e. The predicted octanol–water partition coefficient (Wildman–Crippen LogP) is 2.14. The summed E-state index contributed by atoms with van der Waals surface area (Å²) < 4.78 is 4.30. The molecule has 0 fully saturated rings. The van der Waals surface area contributed by atoms with Gasteiger partial charge in [-0.1, -0.05) is 27.6 Å². The minimum absolute atomic E-state index is 0.179. The predicted molar refractivity (Wildman–Crippen MR) is 94.0 cm³/mol. The maximum atomic E-state index is 12.0. The fraction of sp³-hybridized carbons (Fsp3) is 0.182. The third kappa shape index (κ3) is 4.31. The molecule has 0 atom stereocenters. The highest BCUT2D eigenvalue weighted by Crippen LogP contribution is 2.26. The quantitative estimate of drug-likeness (QED) is 0.477. The molecule has 24 heavy (non-hydrogen) atoms. The van der Waals surface area contributed by atoms with Gasteiger partial charge >= 0.3 is 0 Å². The topological polar surface area (TPSA) is 123 Å². The molecular weight excluding hydrogens is 390 g/mol. The Morgan fingerprint density at radius 1 is 1.21 bits per heavy atom. The summed E-state index contributed by atoms with van der Waals surface area (Å²) in [5.41, 5.74) is 0.565. The van der Waals surface area contributed by atoms with Crippen molar-refractivity contribution in [2.24, 2.45) is 0 Å². The Hall–Kier alpha value is -1.96. The molecule has 9 nitrogen and oxygen atoms in total. The summed E-state index contributed by atoms with van der Waals surface area (Å²) in [5.74, 6) is -0.321. The van der Waals surface area contributed by atoms with Crippen LogP contribution in [-0.4, -0.2) is 42.3 Å². The molecule has 0 aliphatic heterocycles. The summed E-state index contributed by atoms with van der Waals surface area (Å²) in [6.07, 6.45) is 1.62. The van der Waals surface area contributed by atoms with Gasteiger partial charge in [-0.25, -0.2) is 4.98 Å². The molecule has 0 aromatic carbocycles. The molecular formula is C11H9N7O2S4. The third-order valence-corrected chi connectivity index (χ3v) is 5.98. The standard InChI is InChI=1S/C11H9N7O2S4/c1-5-7(24-18-15-5)8(20)14-10-16-17-11(23-10)22-4-6(19)13-9-12-2-3-21-9/h2-3H,4H2,1H3,(H,12,13,19)(H,14,16,20). The molecule has 3 heterocycles. The smallest absolute Gasteiger partial charge is 0.271 e. The Balaban J connectivity index is 1.51. The molecule has 0 aliphatic carbocycles. The summed E-state index contributed by atoms with van der Waals surface area (Å²) >= 11 is 4.80. The highest BCUT2D eigenvalue weighted by Gasteiger charge is 2.16. The van der Waals surface area contributed by atoms with Crippen LogP contribution >= 0.6 is 46.0 Å². The van der Waals surface area contributed by atoms with Gasteiger partial charge in [0.25, 0.3) is 5.91 Å². The lowest BCUT2D eigenvalue weighted by Gasteiger charge is -1.99. The van der Waals surface area contributed by atoms with Gasteiger partial charge in [0.05, 0.1) is 11.4 Å². The SMILES string of the molecule is Cc1nnsc1C(=O)Nc1nnc(SCC(=O)Nc2nccs2)s1. The number of nitrogens with one attached hydrogen (secondary N) is 2. The lowest BCUT2D eigenvalue weighted by molar-refractivity contribution is -0.113. The lowest BCUT2D eigenvalue weighted by atomic mass is 10.4. The number of thioether (sulfide) groups is 1. The van der Waals surface area contributed by atoms with Crippen LogP contribution in [0.25, 0.3) is 0 Å². The average Bonchev–Trinajstić information content (AvgIpc) is 3.27. The van der Waals surface area contributed by atoms with E-state index in [1.165, 1.54) is 34.4 Å². The van der Waals surface area contributed by atoms with Crippen LogP contribution in [0.1, 0.15) is 15.4 Å². The number of hydrogen-bond donors (Lipinski definition) is 2. The molecule has 0 spiro atoms. The van der Waals surface area contributed by atoms with Gasteiger partial charge in [0.15, 0.2) is 9.47 Å². The van der Waals surface area contributed by atoms with Crippen molar-refractivity contribution in [1.82, 2.24) is 24.8 Å². The number of amides is 2. The molecule has 13 heteroatoms.